The van der Waals surface area contributed by atoms with Gasteiger partial charge in [-0.05, 0) is 18.8 Å². The first-order chi connectivity index (χ1) is 3.79. The van der Waals surface area contributed by atoms with Crippen LogP contribution in [0.2, 0.25) is 0 Å². The van der Waals surface area contributed by atoms with E-state index in [4.69, 9.17) is 4.74 Å². The molecule has 1 aliphatic rings. The first-order valence-electron chi connectivity index (χ1n) is 3.04. The standard InChI is InChI=1S/C6H11IO/c1-5-2-3-8-6(7)4-5/h5-6H,2-4H2,1H3. The van der Waals surface area contributed by atoms with Gasteiger partial charge in [-0.2, -0.15) is 0 Å². The van der Waals surface area contributed by atoms with Crippen molar-refractivity contribution in [3.8, 4) is 0 Å². The summed E-state index contributed by atoms with van der Waals surface area (Å²) in [4.78, 5) is 0. The molecule has 48 valence electrons. The number of rotatable bonds is 0. The first kappa shape index (κ1) is 6.81. The van der Waals surface area contributed by atoms with Crippen LogP contribution >= 0.6 is 22.6 Å². The summed E-state index contributed by atoms with van der Waals surface area (Å²) < 4.78 is 5.82. The normalized spacial score (nSPS) is 39.8. The van der Waals surface area contributed by atoms with Gasteiger partial charge in [-0.15, -0.1) is 0 Å². The van der Waals surface area contributed by atoms with Crippen LogP contribution in [0.3, 0.4) is 0 Å². The van der Waals surface area contributed by atoms with Crippen LogP contribution in [-0.4, -0.2) is 10.7 Å². The molecule has 0 aromatic carbocycles. The lowest BCUT2D eigenvalue weighted by Crippen LogP contribution is -2.18. The molecule has 1 fully saturated rings. The summed E-state index contributed by atoms with van der Waals surface area (Å²) in [5.74, 6) is 0.880. The summed E-state index contributed by atoms with van der Waals surface area (Å²) in [6, 6.07) is 0. The van der Waals surface area contributed by atoms with Gasteiger partial charge in [0.1, 0.15) is 4.11 Å². The van der Waals surface area contributed by atoms with Crippen LogP contribution in [0.1, 0.15) is 19.8 Å². The van der Waals surface area contributed by atoms with Crippen molar-refractivity contribution in [2.45, 2.75) is 23.9 Å². The highest BCUT2D eigenvalue weighted by molar-refractivity contribution is 14.1. The van der Waals surface area contributed by atoms with Gasteiger partial charge < -0.3 is 4.74 Å². The van der Waals surface area contributed by atoms with E-state index in [9.17, 15) is 0 Å². The Labute approximate surface area is 63.9 Å². The Balaban J connectivity index is 2.23. The average molecular weight is 226 g/mol. The van der Waals surface area contributed by atoms with E-state index in [0.29, 0.717) is 4.11 Å². The third kappa shape index (κ3) is 1.90. The van der Waals surface area contributed by atoms with Crippen LogP contribution in [0, 0.1) is 5.92 Å². The largest absolute Gasteiger partial charge is 0.368 e. The Bertz CT molecular complexity index is 66.9. The van der Waals surface area contributed by atoms with Crippen molar-refractivity contribution >= 4 is 22.6 Å². The Morgan fingerprint density at radius 2 is 2.38 bits per heavy atom. The average Bonchev–Trinajstić information content (AvgIpc) is 1.64. The van der Waals surface area contributed by atoms with Gasteiger partial charge in [0.05, 0.1) is 0 Å². The summed E-state index contributed by atoms with van der Waals surface area (Å²) in [5, 5.41) is 0. The van der Waals surface area contributed by atoms with Gasteiger partial charge in [-0.25, -0.2) is 0 Å². The second-order valence-electron chi connectivity index (χ2n) is 2.41. The fourth-order valence-corrected chi connectivity index (χ4v) is 2.02. The van der Waals surface area contributed by atoms with Crippen LogP contribution in [0.5, 0.6) is 0 Å². The number of alkyl halides is 1. The highest BCUT2D eigenvalue weighted by Gasteiger charge is 2.15. The van der Waals surface area contributed by atoms with E-state index in [1.165, 1.54) is 12.8 Å². The lowest BCUT2D eigenvalue weighted by atomic mass is 10.0. The maximum atomic E-state index is 5.33. The molecule has 0 N–H and O–H groups in total. The molecule has 1 heterocycles. The van der Waals surface area contributed by atoms with Crippen molar-refractivity contribution in [1.82, 2.24) is 0 Å². The number of hydrogen-bond acceptors (Lipinski definition) is 1. The minimum atomic E-state index is 0.483. The van der Waals surface area contributed by atoms with Gasteiger partial charge in [-0.3, -0.25) is 0 Å². The maximum absolute atomic E-state index is 5.33. The Morgan fingerprint density at radius 1 is 1.62 bits per heavy atom. The predicted molar refractivity (Wildman–Crippen MR) is 42.2 cm³/mol. The van der Waals surface area contributed by atoms with Crippen LogP contribution in [0.4, 0.5) is 0 Å². The molecule has 1 aliphatic heterocycles. The van der Waals surface area contributed by atoms with Gasteiger partial charge in [-0.1, -0.05) is 29.5 Å². The van der Waals surface area contributed by atoms with Crippen molar-refractivity contribution in [3.63, 3.8) is 0 Å². The highest BCUT2D eigenvalue weighted by Crippen LogP contribution is 2.22. The quantitative estimate of drug-likeness (QED) is 0.454. The summed E-state index contributed by atoms with van der Waals surface area (Å²) >= 11 is 2.35. The SMILES string of the molecule is CC1CCOC(I)C1. The molecule has 0 radical (unpaired) electrons. The van der Waals surface area contributed by atoms with Gasteiger partial charge in [0, 0.05) is 6.61 Å². The van der Waals surface area contributed by atoms with Crippen molar-refractivity contribution in [3.05, 3.63) is 0 Å². The summed E-state index contributed by atoms with van der Waals surface area (Å²) in [6.45, 7) is 3.25. The van der Waals surface area contributed by atoms with Gasteiger partial charge in [0.25, 0.3) is 0 Å². The second kappa shape index (κ2) is 3.01. The molecule has 2 unspecified atom stereocenters. The molecule has 0 spiro atoms. The molecule has 2 heteroatoms. The first-order valence-corrected chi connectivity index (χ1v) is 4.29. The molecule has 8 heavy (non-hydrogen) atoms. The van der Waals surface area contributed by atoms with Crippen molar-refractivity contribution in [2.75, 3.05) is 6.61 Å². The fraction of sp³-hybridized carbons (Fsp3) is 1.00. The lowest BCUT2D eigenvalue weighted by molar-refractivity contribution is 0.0587. The zero-order valence-corrected chi connectivity index (χ0v) is 7.22. The number of ether oxygens (including phenoxy) is 1. The van der Waals surface area contributed by atoms with Gasteiger partial charge >= 0.3 is 0 Å². The second-order valence-corrected chi connectivity index (χ2v) is 3.80. The molecule has 0 aromatic rings. The topological polar surface area (TPSA) is 9.23 Å². The van der Waals surface area contributed by atoms with E-state index in [2.05, 4.69) is 29.5 Å². The summed E-state index contributed by atoms with van der Waals surface area (Å²) in [6.07, 6.45) is 2.49. The fourth-order valence-electron chi connectivity index (χ4n) is 0.899. The Kier molecular flexibility index (Phi) is 2.56. The molecule has 1 rings (SSSR count). The number of halogens is 1. The van der Waals surface area contributed by atoms with E-state index >= 15 is 0 Å². The van der Waals surface area contributed by atoms with E-state index in [1.54, 1.807) is 0 Å². The van der Waals surface area contributed by atoms with Crippen LogP contribution in [-0.2, 0) is 4.74 Å². The minimum absolute atomic E-state index is 0.483. The van der Waals surface area contributed by atoms with Crippen LogP contribution in [0.15, 0.2) is 0 Å². The van der Waals surface area contributed by atoms with Crippen molar-refractivity contribution in [1.29, 1.82) is 0 Å². The Hall–Kier alpha value is 0.690. The molecule has 0 aromatic heterocycles. The molecule has 0 aliphatic carbocycles. The summed E-state index contributed by atoms with van der Waals surface area (Å²) in [7, 11) is 0. The molecule has 1 saturated heterocycles. The predicted octanol–water partition coefficient (Wildman–Crippen LogP) is 2.19. The maximum Gasteiger partial charge on any atom is 0.109 e. The van der Waals surface area contributed by atoms with Gasteiger partial charge in [0.2, 0.25) is 0 Å². The van der Waals surface area contributed by atoms with Crippen molar-refractivity contribution < 1.29 is 4.74 Å². The molecule has 2 atom stereocenters. The smallest absolute Gasteiger partial charge is 0.109 e. The number of hydrogen-bond donors (Lipinski definition) is 0. The van der Waals surface area contributed by atoms with Gasteiger partial charge in [0.15, 0.2) is 0 Å². The zero-order chi connectivity index (χ0) is 5.98. The van der Waals surface area contributed by atoms with E-state index < -0.39 is 0 Å². The molecule has 1 nitrogen and oxygen atoms in total. The van der Waals surface area contributed by atoms with Crippen molar-refractivity contribution in [2.24, 2.45) is 5.92 Å². The molecule has 0 bridgehead atoms. The van der Waals surface area contributed by atoms with Crippen LogP contribution in [0.25, 0.3) is 0 Å². The third-order valence-corrected chi connectivity index (χ3v) is 2.37. The monoisotopic (exact) mass is 226 g/mol. The minimum Gasteiger partial charge on any atom is -0.368 e. The molecular weight excluding hydrogens is 215 g/mol. The van der Waals surface area contributed by atoms with E-state index in [-0.39, 0.29) is 0 Å². The Morgan fingerprint density at radius 3 is 2.75 bits per heavy atom. The molecule has 0 amide bonds. The molecular formula is C6H11IO. The zero-order valence-electron chi connectivity index (χ0n) is 5.06. The lowest BCUT2D eigenvalue weighted by Gasteiger charge is -2.22. The third-order valence-electron chi connectivity index (χ3n) is 1.50. The summed E-state index contributed by atoms with van der Waals surface area (Å²) in [5.41, 5.74) is 0. The van der Waals surface area contributed by atoms with Crippen LogP contribution < -0.4 is 0 Å². The van der Waals surface area contributed by atoms with E-state index in [0.717, 1.165) is 12.5 Å². The highest BCUT2D eigenvalue weighted by atomic mass is 127. The molecule has 0 saturated carbocycles. The van der Waals surface area contributed by atoms with E-state index in [1.807, 2.05) is 0 Å².